The van der Waals surface area contributed by atoms with Crippen molar-refractivity contribution < 1.29 is 9.59 Å². The fourth-order valence-corrected chi connectivity index (χ4v) is 2.88. The first kappa shape index (κ1) is 22.9. The van der Waals surface area contributed by atoms with Gasteiger partial charge >= 0.3 is 0 Å². The molecule has 2 amide bonds. The summed E-state index contributed by atoms with van der Waals surface area (Å²) in [7, 11) is 0. The number of unbranched alkanes of at least 4 members (excludes halogenated alkanes) is 9. The highest BCUT2D eigenvalue weighted by Gasteiger charge is 1.99. The highest BCUT2D eigenvalue weighted by Crippen LogP contribution is 2.10. The van der Waals surface area contributed by atoms with Gasteiger partial charge in [-0.3, -0.25) is 9.59 Å². The molecule has 0 radical (unpaired) electrons. The van der Waals surface area contributed by atoms with Gasteiger partial charge in [-0.05, 0) is 12.0 Å². The average molecular weight is 373 g/mol. The third-order valence-electron chi connectivity index (χ3n) is 4.53. The Morgan fingerprint density at radius 1 is 0.741 bits per heavy atom. The summed E-state index contributed by atoms with van der Waals surface area (Å²) in [6.45, 7) is 3.38. The van der Waals surface area contributed by atoms with E-state index >= 15 is 0 Å². The van der Waals surface area contributed by atoms with E-state index in [9.17, 15) is 9.59 Å². The summed E-state index contributed by atoms with van der Waals surface area (Å²) in [5.74, 6) is -0.464. The molecule has 0 atom stereocenters. The molecular weight excluding hydrogens is 336 g/mol. The van der Waals surface area contributed by atoms with E-state index in [1.54, 1.807) is 0 Å². The molecule has 0 heterocycles. The Morgan fingerprint density at radius 3 is 1.85 bits per heavy atom. The number of hydrogen-bond acceptors (Lipinski definition) is 2. The van der Waals surface area contributed by atoms with Crippen LogP contribution in [0.25, 0.3) is 0 Å². The van der Waals surface area contributed by atoms with Crippen molar-refractivity contribution in [3.8, 4) is 0 Å². The number of nitrogens with one attached hydrogen (secondary N) is 2. The second kappa shape index (κ2) is 16.1. The maximum Gasteiger partial charge on any atom is 0.244 e. The molecule has 4 nitrogen and oxygen atoms in total. The Morgan fingerprint density at radius 2 is 1.26 bits per heavy atom. The maximum absolute atomic E-state index is 11.7. The van der Waals surface area contributed by atoms with Crippen LogP contribution < -0.4 is 10.6 Å². The molecule has 4 heteroatoms. The van der Waals surface area contributed by atoms with Crippen molar-refractivity contribution in [2.75, 3.05) is 6.54 Å². The first-order valence-electron chi connectivity index (χ1n) is 10.5. The first-order chi connectivity index (χ1) is 13.2. The van der Waals surface area contributed by atoms with Gasteiger partial charge in [0.25, 0.3) is 0 Å². The number of hydrogen-bond donors (Lipinski definition) is 2. The van der Waals surface area contributed by atoms with Crippen molar-refractivity contribution >= 4 is 11.8 Å². The lowest BCUT2D eigenvalue weighted by Gasteiger charge is -2.04. The molecule has 0 aliphatic heterocycles. The largest absolute Gasteiger partial charge is 0.353 e. The Hall–Kier alpha value is -2.10. The van der Waals surface area contributed by atoms with Gasteiger partial charge in [-0.25, -0.2) is 0 Å². The average Bonchev–Trinajstić information content (AvgIpc) is 2.69. The molecule has 1 aromatic rings. The Bertz CT molecular complexity index is 541. The summed E-state index contributed by atoms with van der Waals surface area (Å²) in [6, 6.07) is 9.69. The van der Waals surface area contributed by atoms with Crippen LogP contribution >= 0.6 is 0 Å². The van der Waals surface area contributed by atoms with Gasteiger partial charge in [-0.1, -0.05) is 95.0 Å². The zero-order chi connectivity index (χ0) is 19.6. The minimum Gasteiger partial charge on any atom is -0.353 e. The predicted molar refractivity (Wildman–Crippen MR) is 112 cm³/mol. The second-order valence-electron chi connectivity index (χ2n) is 7.01. The number of amides is 2. The lowest BCUT2D eigenvalue weighted by molar-refractivity contribution is -0.118. The molecule has 0 aliphatic rings. The summed E-state index contributed by atoms with van der Waals surface area (Å²) >= 11 is 0. The van der Waals surface area contributed by atoms with E-state index in [2.05, 4.69) is 17.6 Å². The van der Waals surface area contributed by atoms with Gasteiger partial charge in [-0.15, -0.1) is 0 Å². The minimum absolute atomic E-state index is 0.208. The van der Waals surface area contributed by atoms with E-state index in [4.69, 9.17) is 0 Å². The summed E-state index contributed by atoms with van der Waals surface area (Å²) < 4.78 is 0. The lowest BCUT2D eigenvalue weighted by atomic mass is 10.1. The van der Waals surface area contributed by atoms with Gasteiger partial charge in [-0.2, -0.15) is 0 Å². The zero-order valence-electron chi connectivity index (χ0n) is 16.8. The number of rotatable bonds is 15. The van der Waals surface area contributed by atoms with Crippen LogP contribution in [0.2, 0.25) is 0 Å². The number of carbonyl (C=O) groups is 2. The molecule has 27 heavy (non-hydrogen) atoms. The van der Waals surface area contributed by atoms with E-state index in [0.29, 0.717) is 13.1 Å². The molecule has 2 N–H and O–H groups in total. The second-order valence-corrected chi connectivity index (χ2v) is 7.01. The fourth-order valence-electron chi connectivity index (χ4n) is 2.88. The van der Waals surface area contributed by atoms with E-state index < -0.39 is 0 Å². The van der Waals surface area contributed by atoms with Crippen LogP contribution in [0.5, 0.6) is 0 Å². The van der Waals surface area contributed by atoms with Crippen molar-refractivity contribution in [2.45, 2.75) is 77.7 Å². The van der Waals surface area contributed by atoms with Crippen LogP contribution in [-0.4, -0.2) is 18.4 Å². The molecule has 0 saturated heterocycles. The molecule has 150 valence electrons. The molecule has 0 aromatic heterocycles. The minimum atomic E-state index is -0.257. The van der Waals surface area contributed by atoms with E-state index in [0.717, 1.165) is 18.4 Å². The molecule has 1 rings (SSSR count). The smallest absolute Gasteiger partial charge is 0.244 e. The Labute approximate surface area is 164 Å². The molecule has 0 bridgehead atoms. The van der Waals surface area contributed by atoms with Crippen LogP contribution in [-0.2, 0) is 16.1 Å². The topological polar surface area (TPSA) is 58.2 Å². The van der Waals surface area contributed by atoms with Gasteiger partial charge < -0.3 is 10.6 Å². The van der Waals surface area contributed by atoms with Crippen molar-refractivity contribution in [3.05, 3.63) is 48.0 Å². The standard InChI is InChI=1S/C23H36N2O2/c1-2-3-4-5-6-7-8-9-10-14-19-24-22(26)17-18-23(27)25-20-21-15-12-11-13-16-21/h11-13,15-18H,2-10,14,19-20H2,1H3,(H,24,26)(H,25,27). The van der Waals surface area contributed by atoms with Gasteiger partial charge in [0, 0.05) is 25.2 Å². The summed E-state index contributed by atoms with van der Waals surface area (Å²) in [5.41, 5.74) is 1.03. The third-order valence-corrected chi connectivity index (χ3v) is 4.53. The molecular formula is C23H36N2O2. The molecule has 0 saturated carbocycles. The quantitative estimate of drug-likeness (QED) is 0.340. The van der Waals surface area contributed by atoms with Crippen molar-refractivity contribution in [2.24, 2.45) is 0 Å². The molecule has 0 fully saturated rings. The van der Waals surface area contributed by atoms with Crippen LogP contribution in [0.15, 0.2) is 42.5 Å². The van der Waals surface area contributed by atoms with Crippen molar-refractivity contribution in [1.82, 2.24) is 10.6 Å². The summed E-state index contributed by atoms with van der Waals surface area (Å²) in [6.07, 6.45) is 15.4. The molecule has 0 spiro atoms. The highest BCUT2D eigenvalue weighted by molar-refractivity contribution is 5.96. The van der Waals surface area contributed by atoms with Gasteiger partial charge in [0.2, 0.25) is 11.8 Å². The van der Waals surface area contributed by atoms with Crippen LogP contribution in [0, 0.1) is 0 Å². The van der Waals surface area contributed by atoms with Gasteiger partial charge in [0.1, 0.15) is 0 Å². The van der Waals surface area contributed by atoms with E-state index in [-0.39, 0.29) is 11.8 Å². The van der Waals surface area contributed by atoms with Crippen molar-refractivity contribution in [1.29, 1.82) is 0 Å². The Kier molecular flexibility index (Phi) is 13.7. The maximum atomic E-state index is 11.7. The van der Waals surface area contributed by atoms with Crippen LogP contribution in [0.1, 0.15) is 76.7 Å². The van der Waals surface area contributed by atoms with Crippen LogP contribution in [0.3, 0.4) is 0 Å². The van der Waals surface area contributed by atoms with E-state index in [1.165, 1.54) is 63.5 Å². The lowest BCUT2D eigenvalue weighted by Crippen LogP contribution is -2.24. The summed E-state index contributed by atoms with van der Waals surface area (Å²) in [5, 5.41) is 5.59. The van der Waals surface area contributed by atoms with E-state index in [1.807, 2.05) is 30.3 Å². The molecule has 1 aromatic carbocycles. The van der Waals surface area contributed by atoms with Crippen molar-refractivity contribution in [3.63, 3.8) is 0 Å². The Balaban J connectivity index is 1.95. The monoisotopic (exact) mass is 372 g/mol. The fraction of sp³-hybridized carbons (Fsp3) is 0.565. The predicted octanol–water partition coefficient (Wildman–Crippen LogP) is 4.90. The third kappa shape index (κ3) is 13.7. The van der Waals surface area contributed by atoms with Crippen LogP contribution in [0.4, 0.5) is 0 Å². The van der Waals surface area contributed by atoms with Gasteiger partial charge in [0.05, 0.1) is 0 Å². The normalized spacial score (nSPS) is 10.9. The summed E-state index contributed by atoms with van der Waals surface area (Å²) in [4.78, 5) is 23.4. The zero-order valence-corrected chi connectivity index (χ0v) is 16.8. The SMILES string of the molecule is CCCCCCCCCCCCNC(=O)C=CC(=O)NCc1ccccc1. The van der Waals surface area contributed by atoms with Gasteiger partial charge in [0.15, 0.2) is 0 Å². The first-order valence-corrected chi connectivity index (χ1v) is 10.5. The molecule has 0 aliphatic carbocycles. The number of carbonyl (C=O) groups excluding carboxylic acids is 2. The number of benzene rings is 1. The highest BCUT2D eigenvalue weighted by atomic mass is 16.2. The molecule has 0 unspecified atom stereocenters.